The number of nitrogens with one attached hydrogen (secondary N) is 1. The first kappa shape index (κ1) is 12.8. The number of nitrogens with zero attached hydrogens (tertiary/aromatic N) is 2. The van der Waals surface area contributed by atoms with Crippen LogP contribution < -0.4 is 10.2 Å². The number of aryl methyl sites for hydroxylation is 1. The fourth-order valence-electron chi connectivity index (χ4n) is 1.71. The Labute approximate surface area is 109 Å². The lowest BCUT2D eigenvalue weighted by Gasteiger charge is -2.25. The third-order valence-corrected chi connectivity index (χ3v) is 3.75. The van der Waals surface area contributed by atoms with Gasteiger partial charge in [-0.3, -0.25) is 4.79 Å². The lowest BCUT2D eigenvalue weighted by atomic mass is 10.4. The number of carbonyl (C=O) groups excluding carboxylic acids is 2. The molecule has 1 amide bonds. The molecule has 2 heterocycles. The topological polar surface area (TPSA) is 71.5 Å². The van der Waals surface area contributed by atoms with Gasteiger partial charge in [-0.25, -0.2) is 9.78 Å². The van der Waals surface area contributed by atoms with E-state index in [4.69, 9.17) is 4.74 Å². The summed E-state index contributed by atoms with van der Waals surface area (Å²) in [6.07, 6.45) is 0. The van der Waals surface area contributed by atoms with Crippen molar-refractivity contribution in [2.45, 2.75) is 13.8 Å². The number of hydrogen-bond donors (Lipinski definition) is 1. The fourth-order valence-corrected chi connectivity index (χ4v) is 2.69. The van der Waals surface area contributed by atoms with Crippen molar-refractivity contribution < 1.29 is 14.3 Å². The second kappa shape index (κ2) is 5.34. The molecule has 18 heavy (non-hydrogen) atoms. The molecule has 2 rings (SSSR count). The summed E-state index contributed by atoms with van der Waals surface area (Å²) in [6.45, 7) is 5.49. The summed E-state index contributed by atoms with van der Waals surface area (Å²) in [5.41, 5.74) is 0.652. The van der Waals surface area contributed by atoms with Crippen molar-refractivity contribution in [2.24, 2.45) is 0 Å². The van der Waals surface area contributed by atoms with Gasteiger partial charge in [0.25, 0.3) is 0 Å². The van der Waals surface area contributed by atoms with E-state index in [1.165, 1.54) is 11.3 Å². The van der Waals surface area contributed by atoms with E-state index in [1.54, 1.807) is 13.8 Å². The fraction of sp³-hybridized carbons (Fsp3) is 0.545. The average molecular weight is 269 g/mol. The van der Waals surface area contributed by atoms with Crippen LogP contribution in [0.15, 0.2) is 0 Å². The smallest absolute Gasteiger partial charge is 0.350 e. The van der Waals surface area contributed by atoms with Gasteiger partial charge in [0.1, 0.15) is 4.88 Å². The van der Waals surface area contributed by atoms with E-state index in [0.717, 1.165) is 0 Å². The Morgan fingerprint density at radius 2 is 2.39 bits per heavy atom. The number of aromatic nitrogens is 1. The molecule has 1 N–H and O–H groups in total. The van der Waals surface area contributed by atoms with E-state index < -0.39 is 0 Å². The second-order valence-corrected chi connectivity index (χ2v) is 4.88. The zero-order valence-electron chi connectivity index (χ0n) is 10.4. The molecule has 0 atom stereocenters. The molecule has 1 aromatic rings. The number of thiazole rings is 1. The summed E-state index contributed by atoms with van der Waals surface area (Å²) in [5.74, 6) is -0.369. The van der Waals surface area contributed by atoms with Gasteiger partial charge in [0.2, 0.25) is 5.91 Å². The molecule has 1 fully saturated rings. The molecule has 1 aliphatic heterocycles. The number of hydrogen-bond acceptors (Lipinski definition) is 6. The summed E-state index contributed by atoms with van der Waals surface area (Å²) < 4.78 is 4.96. The molecule has 6 nitrogen and oxygen atoms in total. The zero-order chi connectivity index (χ0) is 13.1. The number of anilines is 1. The molecular formula is C11H15N3O3S. The SMILES string of the molecule is CCOC(=O)c1sc(N2CCNC(=O)C2)nc1C. The number of piperazine rings is 1. The summed E-state index contributed by atoms with van der Waals surface area (Å²) >= 11 is 1.28. The Kier molecular flexibility index (Phi) is 3.81. The predicted octanol–water partition coefficient (Wildman–Crippen LogP) is 0.564. The minimum atomic E-state index is -0.347. The molecule has 0 saturated carbocycles. The highest BCUT2D eigenvalue weighted by molar-refractivity contribution is 7.17. The van der Waals surface area contributed by atoms with E-state index in [9.17, 15) is 9.59 Å². The summed E-state index contributed by atoms with van der Waals surface area (Å²) in [6, 6.07) is 0. The minimum Gasteiger partial charge on any atom is -0.462 e. The Hall–Kier alpha value is -1.63. The Morgan fingerprint density at radius 3 is 3.06 bits per heavy atom. The summed E-state index contributed by atoms with van der Waals surface area (Å²) in [5, 5.41) is 3.45. The van der Waals surface area contributed by atoms with Crippen LogP contribution in [0.5, 0.6) is 0 Å². The van der Waals surface area contributed by atoms with Crippen LogP contribution in [0.1, 0.15) is 22.3 Å². The van der Waals surface area contributed by atoms with E-state index in [-0.39, 0.29) is 18.4 Å². The van der Waals surface area contributed by atoms with Crippen molar-refractivity contribution in [2.75, 3.05) is 31.1 Å². The Bertz CT molecular complexity index is 472. The molecular weight excluding hydrogens is 254 g/mol. The van der Waals surface area contributed by atoms with E-state index in [2.05, 4.69) is 10.3 Å². The maximum absolute atomic E-state index is 11.7. The van der Waals surface area contributed by atoms with Crippen LogP contribution in [0.2, 0.25) is 0 Å². The van der Waals surface area contributed by atoms with Crippen LogP contribution in [-0.2, 0) is 9.53 Å². The molecule has 0 aliphatic carbocycles. The molecule has 0 unspecified atom stereocenters. The molecule has 1 aromatic heterocycles. The molecule has 98 valence electrons. The highest BCUT2D eigenvalue weighted by atomic mass is 32.1. The normalized spacial score (nSPS) is 15.4. The highest BCUT2D eigenvalue weighted by Gasteiger charge is 2.23. The van der Waals surface area contributed by atoms with Crippen LogP contribution in [0.4, 0.5) is 5.13 Å². The molecule has 7 heteroatoms. The first-order valence-corrected chi connectivity index (χ1v) is 6.59. The van der Waals surface area contributed by atoms with Crippen LogP contribution in [-0.4, -0.2) is 43.1 Å². The number of ether oxygens (including phenoxy) is 1. The average Bonchev–Trinajstić information content (AvgIpc) is 2.72. The van der Waals surface area contributed by atoms with Gasteiger partial charge >= 0.3 is 5.97 Å². The van der Waals surface area contributed by atoms with Crippen molar-refractivity contribution in [3.8, 4) is 0 Å². The lowest BCUT2D eigenvalue weighted by Crippen LogP contribution is -2.47. The first-order valence-electron chi connectivity index (χ1n) is 5.78. The van der Waals surface area contributed by atoms with E-state index in [0.29, 0.717) is 35.4 Å². The second-order valence-electron chi connectivity index (χ2n) is 3.90. The zero-order valence-corrected chi connectivity index (χ0v) is 11.2. The van der Waals surface area contributed by atoms with Crippen molar-refractivity contribution >= 4 is 28.3 Å². The van der Waals surface area contributed by atoms with Gasteiger partial charge in [-0.2, -0.15) is 0 Å². The maximum atomic E-state index is 11.7. The third kappa shape index (κ3) is 2.61. The van der Waals surface area contributed by atoms with Crippen LogP contribution in [0.3, 0.4) is 0 Å². The third-order valence-electron chi connectivity index (χ3n) is 2.56. The van der Waals surface area contributed by atoms with Crippen LogP contribution in [0, 0.1) is 6.92 Å². The number of rotatable bonds is 3. The molecule has 0 aromatic carbocycles. The summed E-state index contributed by atoms with van der Waals surface area (Å²) in [4.78, 5) is 29.7. The quantitative estimate of drug-likeness (QED) is 0.812. The first-order chi connectivity index (χ1) is 8.61. The van der Waals surface area contributed by atoms with Crippen molar-refractivity contribution in [1.29, 1.82) is 0 Å². The number of amides is 1. The highest BCUT2D eigenvalue weighted by Crippen LogP contribution is 2.26. The van der Waals surface area contributed by atoms with Crippen molar-refractivity contribution in [1.82, 2.24) is 10.3 Å². The van der Waals surface area contributed by atoms with E-state index in [1.807, 2.05) is 4.90 Å². The molecule has 1 aliphatic rings. The molecule has 0 radical (unpaired) electrons. The van der Waals surface area contributed by atoms with Gasteiger partial charge < -0.3 is 15.0 Å². The summed E-state index contributed by atoms with van der Waals surface area (Å²) in [7, 11) is 0. The number of esters is 1. The molecule has 0 spiro atoms. The van der Waals surface area contributed by atoms with Gasteiger partial charge in [-0.15, -0.1) is 0 Å². The van der Waals surface area contributed by atoms with Gasteiger partial charge in [0, 0.05) is 13.1 Å². The van der Waals surface area contributed by atoms with E-state index >= 15 is 0 Å². The predicted molar refractivity (Wildman–Crippen MR) is 68.0 cm³/mol. The van der Waals surface area contributed by atoms with Gasteiger partial charge in [-0.05, 0) is 13.8 Å². The largest absolute Gasteiger partial charge is 0.462 e. The van der Waals surface area contributed by atoms with Gasteiger partial charge in [0.05, 0.1) is 18.8 Å². The van der Waals surface area contributed by atoms with Crippen molar-refractivity contribution in [3.05, 3.63) is 10.6 Å². The van der Waals surface area contributed by atoms with Crippen LogP contribution in [0.25, 0.3) is 0 Å². The van der Waals surface area contributed by atoms with Crippen LogP contribution >= 0.6 is 11.3 Å². The standard InChI is InChI=1S/C11H15N3O3S/c1-3-17-10(16)9-7(2)13-11(18-9)14-5-4-12-8(15)6-14/h3-6H2,1-2H3,(H,12,15). The Morgan fingerprint density at radius 1 is 1.61 bits per heavy atom. The molecule has 0 bridgehead atoms. The lowest BCUT2D eigenvalue weighted by molar-refractivity contribution is -0.120. The molecule has 1 saturated heterocycles. The maximum Gasteiger partial charge on any atom is 0.350 e. The van der Waals surface area contributed by atoms with Crippen molar-refractivity contribution in [3.63, 3.8) is 0 Å². The van der Waals surface area contributed by atoms with Gasteiger partial charge in [-0.1, -0.05) is 11.3 Å². The Balaban J connectivity index is 2.17. The number of carbonyl (C=O) groups is 2. The minimum absolute atomic E-state index is 0.0215. The van der Waals surface area contributed by atoms with Gasteiger partial charge in [0.15, 0.2) is 5.13 Å². The monoisotopic (exact) mass is 269 g/mol.